The predicted molar refractivity (Wildman–Crippen MR) is 140 cm³/mol. The van der Waals surface area contributed by atoms with Crippen molar-refractivity contribution in [2.24, 2.45) is 0 Å². The molecule has 4 aromatic carbocycles. The van der Waals surface area contributed by atoms with Crippen molar-refractivity contribution in [1.29, 1.82) is 0 Å². The van der Waals surface area contributed by atoms with Gasteiger partial charge in [0.05, 0.1) is 16.6 Å². The smallest absolute Gasteiger partial charge is 0.0541 e. The molecule has 2 aromatic heterocycles. The Bertz CT molecular complexity index is 1640. The molecule has 0 aliphatic heterocycles. The molecule has 1 aliphatic carbocycles. The lowest BCUT2D eigenvalue weighted by atomic mass is 9.91. The first-order valence-corrected chi connectivity index (χ1v) is 11.7. The fourth-order valence-electron chi connectivity index (χ4n) is 5.70. The summed E-state index contributed by atoms with van der Waals surface area (Å²) in [6.07, 6.45) is 5.72. The van der Waals surface area contributed by atoms with Gasteiger partial charge in [-0.05, 0) is 66.4 Å². The molecule has 2 heterocycles. The summed E-state index contributed by atoms with van der Waals surface area (Å²) in [5, 5.41) is 3.96. The van der Waals surface area contributed by atoms with E-state index < -0.39 is 0 Å². The summed E-state index contributed by atoms with van der Waals surface area (Å²) in [5.74, 6) is 0.535. The summed E-state index contributed by atoms with van der Waals surface area (Å²) in [6, 6.07) is 35.2. The monoisotopic (exact) mass is 424 g/mol. The van der Waals surface area contributed by atoms with Crippen LogP contribution >= 0.6 is 0 Å². The maximum absolute atomic E-state index is 2.42. The molecule has 0 amide bonds. The maximum Gasteiger partial charge on any atom is 0.0541 e. The summed E-state index contributed by atoms with van der Waals surface area (Å²) in [5.41, 5.74) is 8.95. The second-order valence-corrected chi connectivity index (χ2v) is 9.08. The van der Waals surface area contributed by atoms with Crippen molar-refractivity contribution in [3.05, 3.63) is 114 Å². The van der Waals surface area contributed by atoms with E-state index in [1.54, 1.807) is 0 Å². The van der Waals surface area contributed by atoms with Crippen molar-refractivity contribution in [1.82, 2.24) is 9.13 Å². The van der Waals surface area contributed by atoms with Gasteiger partial charge in [-0.1, -0.05) is 67.6 Å². The first-order chi connectivity index (χ1) is 16.3. The summed E-state index contributed by atoms with van der Waals surface area (Å²) < 4.78 is 4.80. The Morgan fingerprint density at radius 3 is 1.67 bits per heavy atom. The van der Waals surface area contributed by atoms with Crippen LogP contribution in [-0.2, 0) is 0 Å². The molecule has 1 aliphatic rings. The Morgan fingerprint density at radius 2 is 1.06 bits per heavy atom. The number of hydrogen-bond donors (Lipinski definition) is 0. The van der Waals surface area contributed by atoms with Gasteiger partial charge in [-0.15, -0.1) is 0 Å². The van der Waals surface area contributed by atoms with E-state index in [1.165, 1.54) is 55.3 Å². The van der Waals surface area contributed by atoms with Gasteiger partial charge in [-0.3, -0.25) is 0 Å². The van der Waals surface area contributed by atoms with Crippen molar-refractivity contribution in [2.45, 2.75) is 19.3 Å². The van der Waals surface area contributed by atoms with Crippen LogP contribution in [0.1, 0.15) is 30.5 Å². The first-order valence-electron chi connectivity index (χ1n) is 11.7. The van der Waals surface area contributed by atoms with Crippen LogP contribution in [0.25, 0.3) is 50.2 Å². The number of para-hydroxylation sites is 3. The number of rotatable bonds is 2. The molecule has 0 N–H and O–H groups in total. The van der Waals surface area contributed by atoms with Crippen molar-refractivity contribution in [2.75, 3.05) is 0 Å². The van der Waals surface area contributed by atoms with Gasteiger partial charge in [0, 0.05) is 33.2 Å². The van der Waals surface area contributed by atoms with E-state index in [4.69, 9.17) is 0 Å². The third-order valence-electron chi connectivity index (χ3n) is 7.16. The molecule has 6 aromatic rings. The van der Waals surface area contributed by atoms with Crippen LogP contribution in [-0.4, -0.2) is 9.13 Å². The second-order valence-electron chi connectivity index (χ2n) is 9.08. The van der Waals surface area contributed by atoms with Crippen molar-refractivity contribution in [3.63, 3.8) is 0 Å². The Kier molecular flexibility index (Phi) is 3.92. The molecule has 1 unspecified atom stereocenters. The largest absolute Gasteiger partial charge is 0.310 e. The van der Waals surface area contributed by atoms with E-state index >= 15 is 0 Å². The third-order valence-corrected chi connectivity index (χ3v) is 7.16. The van der Waals surface area contributed by atoms with Crippen LogP contribution in [0.3, 0.4) is 0 Å². The number of aromatic nitrogens is 2. The highest BCUT2D eigenvalue weighted by Crippen LogP contribution is 2.39. The highest BCUT2D eigenvalue weighted by Gasteiger charge is 2.22. The Balaban J connectivity index is 1.44. The minimum absolute atomic E-state index is 0.535. The molecule has 0 bridgehead atoms. The molecule has 158 valence electrons. The number of nitrogens with zero attached hydrogens (tertiary/aromatic N) is 2. The predicted octanol–water partition coefficient (Wildman–Crippen LogP) is 8.25. The number of fused-ring (bicyclic) bond motifs is 6. The lowest BCUT2D eigenvalue weighted by Gasteiger charge is -2.17. The van der Waals surface area contributed by atoms with E-state index in [0.717, 1.165) is 6.42 Å². The summed E-state index contributed by atoms with van der Waals surface area (Å²) >= 11 is 0. The molecule has 0 saturated heterocycles. The van der Waals surface area contributed by atoms with Crippen LogP contribution in [0, 0.1) is 0 Å². The standard InChI is InChI=1S/C31H24N2/c1-21-9-8-16-30-31(21)26-12-4-7-15-29(26)33(30)23-19-17-22(18-20-23)32-27-13-5-2-10-24(27)25-11-3-6-14-28(25)32/h2-8,10-21H,9H2,1H3. The Morgan fingerprint density at radius 1 is 0.576 bits per heavy atom. The lowest BCUT2D eigenvalue weighted by Crippen LogP contribution is -2.03. The average Bonchev–Trinajstić information content (AvgIpc) is 3.38. The second kappa shape index (κ2) is 6.98. The fourth-order valence-corrected chi connectivity index (χ4v) is 5.70. The Labute approximate surface area is 193 Å². The minimum atomic E-state index is 0.535. The zero-order valence-electron chi connectivity index (χ0n) is 18.6. The highest BCUT2D eigenvalue weighted by atomic mass is 15.0. The molecule has 2 heteroatoms. The van der Waals surface area contributed by atoms with E-state index in [2.05, 4.69) is 125 Å². The van der Waals surface area contributed by atoms with Gasteiger partial charge in [0.15, 0.2) is 0 Å². The maximum atomic E-state index is 2.42. The molecule has 7 rings (SSSR count). The van der Waals surface area contributed by atoms with E-state index in [1.807, 2.05) is 0 Å². The zero-order valence-corrected chi connectivity index (χ0v) is 18.6. The molecule has 0 saturated carbocycles. The Hall–Kier alpha value is -4.04. The van der Waals surface area contributed by atoms with Gasteiger partial charge in [-0.25, -0.2) is 0 Å². The highest BCUT2D eigenvalue weighted by molar-refractivity contribution is 6.09. The summed E-state index contributed by atoms with van der Waals surface area (Å²) in [4.78, 5) is 0. The van der Waals surface area contributed by atoms with Gasteiger partial charge in [0.1, 0.15) is 0 Å². The van der Waals surface area contributed by atoms with Crippen LogP contribution in [0.5, 0.6) is 0 Å². The average molecular weight is 425 g/mol. The number of hydrogen-bond acceptors (Lipinski definition) is 0. The van der Waals surface area contributed by atoms with Crippen molar-refractivity contribution < 1.29 is 0 Å². The zero-order chi connectivity index (χ0) is 21.9. The molecule has 33 heavy (non-hydrogen) atoms. The molecule has 2 nitrogen and oxygen atoms in total. The van der Waals surface area contributed by atoms with Gasteiger partial charge >= 0.3 is 0 Å². The van der Waals surface area contributed by atoms with E-state index in [9.17, 15) is 0 Å². The molecule has 1 atom stereocenters. The number of allylic oxidation sites excluding steroid dienone is 1. The van der Waals surface area contributed by atoms with Crippen LogP contribution < -0.4 is 0 Å². The first kappa shape index (κ1) is 18.5. The van der Waals surface area contributed by atoms with Gasteiger partial charge in [0.2, 0.25) is 0 Å². The quantitative estimate of drug-likeness (QED) is 0.265. The van der Waals surface area contributed by atoms with E-state index in [-0.39, 0.29) is 0 Å². The van der Waals surface area contributed by atoms with Crippen LogP contribution in [0.15, 0.2) is 103 Å². The SMILES string of the molecule is CC1CC=Cc2c1c1ccccc1n2-c1ccc(-n2c3ccccc3c3ccccc32)cc1. The van der Waals surface area contributed by atoms with Crippen molar-refractivity contribution in [3.8, 4) is 11.4 Å². The summed E-state index contributed by atoms with van der Waals surface area (Å²) in [6.45, 7) is 2.34. The van der Waals surface area contributed by atoms with Crippen LogP contribution in [0.4, 0.5) is 0 Å². The molecular weight excluding hydrogens is 400 g/mol. The molecule has 0 spiro atoms. The van der Waals surface area contributed by atoms with Gasteiger partial charge < -0.3 is 9.13 Å². The number of benzene rings is 4. The fraction of sp³-hybridized carbons (Fsp3) is 0.0968. The third kappa shape index (κ3) is 2.61. The molecule has 0 radical (unpaired) electrons. The van der Waals surface area contributed by atoms with Crippen LogP contribution in [0.2, 0.25) is 0 Å². The van der Waals surface area contributed by atoms with E-state index in [0.29, 0.717) is 5.92 Å². The summed E-state index contributed by atoms with van der Waals surface area (Å²) in [7, 11) is 0. The lowest BCUT2D eigenvalue weighted by molar-refractivity contribution is 0.773. The normalized spacial score (nSPS) is 15.5. The topological polar surface area (TPSA) is 9.86 Å². The molecular formula is C31H24N2. The van der Waals surface area contributed by atoms with Gasteiger partial charge in [-0.2, -0.15) is 0 Å². The van der Waals surface area contributed by atoms with Crippen molar-refractivity contribution >= 4 is 38.8 Å². The minimum Gasteiger partial charge on any atom is -0.310 e. The molecule has 0 fully saturated rings. The van der Waals surface area contributed by atoms with Gasteiger partial charge in [0.25, 0.3) is 0 Å².